The number of nitrogens with zero attached hydrogens (tertiary/aromatic N) is 2. The average molecular weight is 336 g/mol. The van der Waals surface area contributed by atoms with Gasteiger partial charge in [0, 0.05) is 36.1 Å². The molecule has 0 amide bonds. The number of hydrogen-bond donors (Lipinski definition) is 0. The van der Waals surface area contributed by atoms with E-state index >= 15 is 0 Å². The van der Waals surface area contributed by atoms with Crippen molar-refractivity contribution in [3.63, 3.8) is 0 Å². The Morgan fingerprint density at radius 2 is 1.96 bits per heavy atom. The predicted molar refractivity (Wildman–Crippen MR) is 107 cm³/mol. The molecule has 0 fully saturated rings. The minimum Gasteiger partial charge on any atom is -0.496 e. The van der Waals surface area contributed by atoms with Gasteiger partial charge in [0.05, 0.1) is 12.8 Å². The Morgan fingerprint density at radius 3 is 2.64 bits per heavy atom. The summed E-state index contributed by atoms with van der Waals surface area (Å²) in [5, 5.41) is 0. The number of aliphatic imine (C=N–C) groups is 1. The van der Waals surface area contributed by atoms with Gasteiger partial charge in [-0.2, -0.15) is 0 Å². The summed E-state index contributed by atoms with van der Waals surface area (Å²) >= 11 is 0. The normalized spacial score (nSPS) is 19.1. The van der Waals surface area contributed by atoms with Crippen LogP contribution in [0.1, 0.15) is 49.8 Å². The van der Waals surface area contributed by atoms with Crippen molar-refractivity contribution in [1.29, 1.82) is 0 Å². The number of fused-ring (bicyclic) bond motifs is 1. The van der Waals surface area contributed by atoms with E-state index in [1.54, 1.807) is 7.11 Å². The van der Waals surface area contributed by atoms with Crippen LogP contribution < -0.4 is 9.64 Å². The van der Waals surface area contributed by atoms with Crippen LogP contribution in [0.15, 0.2) is 41.4 Å². The lowest BCUT2D eigenvalue weighted by Gasteiger charge is -2.45. The Labute approximate surface area is 151 Å². The summed E-state index contributed by atoms with van der Waals surface area (Å²) in [5.74, 6) is 1.38. The summed E-state index contributed by atoms with van der Waals surface area (Å²) < 4.78 is 5.66. The summed E-state index contributed by atoms with van der Waals surface area (Å²) in [5.41, 5.74) is 5.97. The molecular weight excluding hydrogens is 308 g/mol. The van der Waals surface area contributed by atoms with Crippen LogP contribution in [0.25, 0.3) is 0 Å². The van der Waals surface area contributed by atoms with Gasteiger partial charge in [0.1, 0.15) is 5.75 Å². The standard InChI is InChI=1S/C22H28N2O/c1-15-9-7-8-10-19(15)23-14-17-11-18-16(2)13-22(3,4)24(5)20(18)12-21(17)25-6/h7-12,14,16H,13H2,1-6H3. The molecule has 1 heterocycles. The van der Waals surface area contributed by atoms with Gasteiger partial charge in [-0.15, -0.1) is 0 Å². The van der Waals surface area contributed by atoms with E-state index in [1.165, 1.54) is 16.8 Å². The molecule has 0 radical (unpaired) electrons. The lowest BCUT2D eigenvalue weighted by atomic mass is 9.80. The summed E-state index contributed by atoms with van der Waals surface area (Å²) in [6.45, 7) is 8.98. The monoisotopic (exact) mass is 336 g/mol. The number of para-hydroxylation sites is 1. The molecule has 0 N–H and O–H groups in total. The summed E-state index contributed by atoms with van der Waals surface area (Å²) in [4.78, 5) is 7.06. The largest absolute Gasteiger partial charge is 0.496 e. The maximum absolute atomic E-state index is 5.66. The molecule has 3 nitrogen and oxygen atoms in total. The van der Waals surface area contributed by atoms with Crippen LogP contribution in [0.2, 0.25) is 0 Å². The number of ether oxygens (including phenoxy) is 1. The van der Waals surface area contributed by atoms with Crippen molar-refractivity contribution in [2.24, 2.45) is 4.99 Å². The van der Waals surface area contributed by atoms with E-state index < -0.39 is 0 Å². The van der Waals surface area contributed by atoms with E-state index in [0.717, 1.165) is 23.4 Å². The SMILES string of the molecule is COc1cc2c(cc1C=Nc1ccccc1C)C(C)CC(C)(C)N2C. The molecule has 0 aliphatic carbocycles. The molecule has 3 heteroatoms. The molecule has 0 saturated carbocycles. The average Bonchev–Trinajstić information content (AvgIpc) is 2.58. The Hall–Kier alpha value is -2.29. The smallest absolute Gasteiger partial charge is 0.129 e. The third-order valence-corrected chi connectivity index (χ3v) is 5.44. The van der Waals surface area contributed by atoms with Crippen LogP contribution in [-0.2, 0) is 0 Å². The fourth-order valence-corrected chi connectivity index (χ4v) is 3.74. The fourth-order valence-electron chi connectivity index (χ4n) is 3.74. The van der Waals surface area contributed by atoms with Crippen LogP contribution in [0.5, 0.6) is 5.75 Å². The lowest BCUT2D eigenvalue weighted by Crippen LogP contribution is -2.45. The second-order valence-corrected chi connectivity index (χ2v) is 7.67. The van der Waals surface area contributed by atoms with Crippen molar-refractivity contribution in [1.82, 2.24) is 0 Å². The Kier molecular flexibility index (Phi) is 4.59. The van der Waals surface area contributed by atoms with Crippen molar-refractivity contribution in [2.75, 3.05) is 19.1 Å². The highest BCUT2D eigenvalue weighted by Gasteiger charge is 2.34. The van der Waals surface area contributed by atoms with E-state index in [2.05, 4.69) is 62.8 Å². The molecule has 1 aliphatic heterocycles. The minimum atomic E-state index is 0.147. The molecule has 132 valence electrons. The highest BCUT2D eigenvalue weighted by atomic mass is 16.5. The van der Waals surface area contributed by atoms with Gasteiger partial charge < -0.3 is 9.64 Å². The Balaban J connectivity index is 2.05. The first kappa shape index (κ1) is 17.5. The zero-order valence-corrected chi connectivity index (χ0v) is 16.1. The highest BCUT2D eigenvalue weighted by molar-refractivity contribution is 5.88. The molecule has 25 heavy (non-hydrogen) atoms. The van der Waals surface area contributed by atoms with Crippen molar-refractivity contribution >= 4 is 17.6 Å². The predicted octanol–water partition coefficient (Wildman–Crippen LogP) is 5.48. The van der Waals surface area contributed by atoms with Gasteiger partial charge in [-0.05, 0) is 56.4 Å². The minimum absolute atomic E-state index is 0.147. The van der Waals surface area contributed by atoms with Crippen LogP contribution in [0, 0.1) is 6.92 Å². The number of hydrogen-bond acceptors (Lipinski definition) is 3. The Bertz CT molecular complexity index is 808. The molecule has 3 rings (SSSR count). The van der Waals surface area contributed by atoms with Gasteiger partial charge in [-0.25, -0.2) is 0 Å². The van der Waals surface area contributed by atoms with E-state index in [4.69, 9.17) is 4.74 Å². The van der Waals surface area contributed by atoms with Gasteiger partial charge in [0.25, 0.3) is 0 Å². The zero-order chi connectivity index (χ0) is 18.2. The van der Waals surface area contributed by atoms with Crippen LogP contribution >= 0.6 is 0 Å². The number of methoxy groups -OCH3 is 1. The maximum atomic E-state index is 5.66. The molecule has 2 aromatic rings. The third-order valence-electron chi connectivity index (χ3n) is 5.44. The van der Waals surface area contributed by atoms with Crippen molar-refractivity contribution < 1.29 is 4.74 Å². The van der Waals surface area contributed by atoms with Gasteiger partial charge in [0.15, 0.2) is 0 Å². The van der Waals surface area contributed by atoms with E-state index in [9.17, 15) is 0 Å². The summed E-state index contributed by atoms with van der Waals surface area (Å²) in [6.07, 6.45) is 3.06. The molecule has 2 aromatic carbocycles. The zero-order valence-electron chi connectivity index (χ0n) is 16.1. The lowest BCUT2D eigenvalue weighted by molar-refractivity contribution is 0.389. The second kappa shape index (κ2) is 6.55. The van der Waals surface area contributed by atoms with E-state index in [1.807, 2.05) is 24.4 Å². The first-order valence-corrected chi connectivity index (χ1v) is 8.89. The molecule has 1 unspecified atom stereocenters. The summed E-state index contributed by atoms with van der Waals surface area (Å²) in [7, 11) is 3.90. The van der Waals surface area contributed by atoms with Crippen LogP contribution in [0.4, 0.5) is 11.4 Å². The maximum Gasteiger partial charge on any atom is 0.129 e. The van der Waals surface area contributed by atoms with Gasteiger partial charge in [-0.1, -0.05) is 25.1 Å². The Morgan fingerprint density at radius 1 is 1.24 bits per heavy atom. The first-order valence-electron chi connectivity index (χ1n) is 8.89. The number of anilines is 1. The highest BCUT2D eigenvalue weighted by Crippen LogP contribution is 2.44. The molecular formula is C22H28N2O. The fraction of sp³-hybridized carbons (Fsp3) is 0.409. The third kappa shape index (κ3) is 3.28. The molecule has 0 bridgehead atoms. The van der Waals surface area contributed by atoms with Gasteiger partial charge in [-0.3, -0.25) is 4.99 Å². The van der Waals surface area contributed by atoms with Crippen molar-refractivity contribution in [3.05, 3.63) is 53.1 Å². The first-order chi connectivity index (χ1) is 11.8. The molecule has 0 saturated heterocycles. The molecule has 0 aromatic heterocycles. The van der Waals surface area contributed by atoms with Crippen LogP contribution in [-0.4, -0.2) is 25.9 Å². The quantitative estimate of drug-likeness (QED) is 0.694. The molecule has 1 aliphatic rings. The molecule has 1 atom stereocenters. The number of aryl methyl sites for hydroxylation is 1. The number of benzene rings is 2. The second-order valence-electron chi connectivity index (χ2n) is 7.67. The van der Waals surface area contributed by atoms with Gasteiger partial charge >= 0.3 is 0 Å². The van der Waals surface area contributed by atoms with Crippen molar-refractivity contribution in [3.8, 4) is 5.75 Å². The van der Waals surface area contributed by atoms with Crippen molar-refractivity contribution in [2.45, 2.75) is 45.6 Å². The van der Waals surface area contributed by atoms with Gasteiger partial charge in [0.2, 0.25) is 0 Å². The molecule has 0 spiro atoms. The number of rotatable bonds is 3. The van der Waals surface area contributed by atoms with Crippen LogP contribution in [0.3, 0.4) is 0 Å². The van der Waals surface area contributed by atoms with E-state index in [0.29, 0.717) is 5.92 Å². The topological polar surface area (TPSA) is 24.8 Å². The van der Waals surface area contributed by atoms with E-state index in [-0.39, 0.29) is 5.54 Å². The summed E-state index contributed by atoms with van der Waals surface area (Å²) in [6, 6.07) is 12.6.